The summed E-state index contributed by atoms with van der Waals surface area (Å²) in [5.74, 6) is 0.204. The lowest BCUT2D eigenvalue weighted by atomic mass is 9.72. The highest BCUT2D eigenvalue weighted by Crippen LogP contribution is 2.40. The van der Waals surface area contributed by atoms with E-state index in [1.165, 1.54) is 4.31 Å². The lowest BCUT2D eigenvalue weighted by Gasteiger charge is -2.47. The summed E-state index contributed by atoms with van der Waals surface area (Å²) in [6.07, 6.45) is 5.57. The molecular weight excluding hydrogens is 352 g/mol. The number of hydrogen-bond acceptors (Lipinski definition) is 4. The molecule has 2 aliphatic rings. The van der Waals surface area contributed by atoms with Crippen LogP contribution in [0.2, 0.25) is 0 Å². The predicted molar refractivity (Wildman–Crippen MR) is 99.6 cm³/mol. The minimum atomic E-state index is -3.35. The van der Waals surface area contributed by atoms with Crippen LogP contribution in [-0.2, 0) is 21.4 Å². The number of amides is 1. The number of pyridine rings is 1. The van der Waals surface area contributed by atoms with E-state index in [0.29, 0.717) is 26.1 Å². The van der Waals surface area contributed by atoms with E-state index >= 15 is 0 Å². The molecule has 0 unspecified atom stereocenters. The number of hydrogen-bond donors (Lipinski definition) is 0. The van der Waals surface area contributed by atoms with Gasteiger partial charge in [0.25, 0.3) is 10.2 Å². The van der Waals surface area contributed by atoms with Gasteiger partial charge in [0.05, 0.1) is 0 Å². The average molecular weight is 381 g/mol. The summed E-state index contributed by atoms with van der Waals surface area (Å²) in [5.41, 5.74) is 1.04. The van der Waals surface area contributed by atoms with Gasteiger partial charge in [-0.1, -0.05) is 6.07 Å². The third-order valence-electron chi connectivity index (χ3n) is 5.68. The molecule has 144 valence electrons. The molecule has 0 N–H and O–H groups in total. The molecule has 3 heterocycles. The molecule has 1 aromatic heterocycles. The minimum absolute atomic E-state index is 0.0519. The molecule has 1 amide bonds. The van der Waals surface area contributed by atoms with Crippen LogP contribution in [0.25, 0.3) is 0 Å². The van der Waals surface area contributed by atoms with Crippen LogP contribution < -0.4 is 0 Å². The molecular formula is C18H28N4O3S. The van der Waals surface area contributed by atoms with Gasteiger partial charge in [-0.3, -0.25) is 9.78 Å². The van der Waals surface area contributed by atoms with Gasteiger partial charge in [0.15, 0.2) is 0 Å². The molecule has 0 atom stereocenters. The standard InChI is InChI=1S/C18H28N4O3S/c1-20(2)26(24,25)22-13-9-18(10-14-22)8-6-17(23)21(15-18)12-7-16-5-3-4-11-19-16/h3-5,11H,6-10,12-15H2,1-2H3. The second-order valence-electron chi connectivity index (χ2n) is 7.58. The molecule has 2 saturated heterocycles. The molecule has 0 saturated carbocycles. The third kappa shape index (κ3) is 4.07. The molecule has 1 aromatic rings. The molecule has 0 aromatic carbocycles. The maximum atomic E-state index is 12.3. The summed E-state index contributed by atoms with van der Waals surface area (Å²) < 4.78 is 27.5. The lowest BCUT2D eigenvalue weighted by Crippen LogP contribution is -2.53. The van der Waals surface area contributed by atoms with Crippen molar-refractivity contribution in [3.63, 3.8) is 0 Å². The van der Waals surface area contributed by atoms with Crippen molar-refractivity contribution in [2.24, 2.45) is 5.41 Å². The van der Waals surface area contributed by atoms with E-state index in [9.17, 15) is 13.2 Å². The predicted octanol–water partition coefficient (Wildman–Crippen LogP) is 1.14. The van der Waals surface area contributed by atoms with Gasteiger partial charge in [-0.15, -0.1) is 0 Å². The van der Waals surface area contributed by atoms with Crippen LogP contribution in [0.3, 0.4) is 0 Å². The molecule has 0 bridgehead atoms. The molecule has 3 rings (SSSR count). The van der Waals surface area contributed by atoms with E-state index in [-0.39, 0.29) is 11.3 Å². The van der Waals surface area contributed by atoms with E-state index in [1.54, 1.807) is 24.6 Å². The first-order valence-electron chi connectivity index (χ1n) is 9.18. The van der Waals surface area contributed by atoms with Gasteiger partial charge in [0.1, 0.15) is 0 Å². The summed E-state index contributed by atoms with van der Waals surface area (Å²) in [7, 11) is -0.212. The van der Waals surface area contributed by atoms with Crippen molar-refractivity contribution in [2.45, 2.75) is 32.1 Å². The van der Waals surface area contributed by atoms with Gasteiger partial charge in [0, 0.05) is 65.0 Å². The molecule has 26 heavy (non-hydrogen) atoms. The van der Waals surface area contributed by atoms with Crippen LogP contribution in [0, 0.1) is 5.41 Å². The molecule has 2 aliphatic heterocycles. The Balaban J connectivity index is 1.60. The highest BCUT2D eigenvalue weighted by molar-refractivity contribution is 7.86. The Morgan fingerprint density at radius 3 is 2.54 bits per heavy atom. The first-order chi connectivity index (χ1) is 12.3. The Morgan fingerprint density at radius 2 is 1.92 bits per heavy atom. The zero-order valence-electron chi connectivity index (χ0n) is 15.6. The number of carbonyl (C=O) groups is 1. The van der Waals surface area contributed by atoms with Crippen molar-refractivity contribution >= 4 is 16.1 Å². The van der Waals surface area contributed by atoms with E-state index in [1.807, 2.05) is 23.1 Å². The Labute approximate surface area is 156 Å². The van der Waals surface area contributed by atoms with Gasteiger partial charge in [-0.2, -0.15) is 17.0 Å². The van der Waals surface area contributed by atoms with Gasteiger partial charge in [0.2, 0.25) is 5.91 Å². The SMILES string of the molecule is CN(C)S(=O)(=O)N1CCC2(CCC(=O)N(CCc3ccccn3)C2)CC1. The van der Waals surface area contributed by atoms with Gasteiger partial charge >= 0.3 is 0 Å². The quantitative estimate of drug-likeness (QED) is 0.768. The summed E-state index contributed by atoms with van der Waals surface area (Å²) >= 11 is 0. The smallest absolute Gasteiger partial charge is 0.281 e. The second-order valence-corrected chi connectivity index (χ2v) is 9.72. The third-order valence-corrected chi connectivity index (χ3v) is 7.62. The van der Waals surface area contributed by atoms with Crippen molar-refractivity contribution < 1.29 is 13.2 Å². The van der Waals surface area contributed by atoms with E-state index in [2.05, 4.69) is 4.98 Å². The van der Waals surface area contributed by atoms with Gasteiger partial charge in [-0.25, -0.2) is 0 Å². The van der Waals surface area contributed by atoms with Crippen molar-refractivity contribution in [1.29, 1.82) is 0 Å². The normalized spacial score (nSPS) is 21.5. The number of rotatable bonds is 5. The van der Waals surface area contributed by atoms with Crippen molar-refractivity contribution in [1.82, 2.24) is 18.5 Å². The highest BCUT2D eigenvalue weighted by atomic mass is 32.2. The van der Waals surface area contributed by atoms with Crippen LogP contribution >= 0.6 is 0 Å². The van der Waals surface area contributed by atoms with Crippen LogP contribution in [0.4, 0.5) is 0 Å². The molecule has 8 heteroatoms. The average Bonchev–Trinajstić information content (AvgIpc) is 2.64. The largest absolute Gasteiger partial charge is 0.342 e. The van der Waals surface area contributed by atoms with E-state index < -0.39 is 10.2 Å². The zero-order valence-corrected chi connectivity index (χ0v) is 16.4. The molecule has 0 aliphatic carbocycles. The fourth-order valence-electron chi connectivity index (χ4n) is 3.93. The Bertz CT molecular complexity index is 728. The summed E-state index contributed by atoms with van der Waals surface area (Å²) in [5, 5.41) is 0. The number of nitrogens with zero attached hydrogens (tertiary/aromatic N) is 4. The maximum absolute atomic E-state index is 12.3. The van der Waals surface area contributed by atoms with E-state index in [4.69, 9.17) is 0 Å². The maximum Gasteiger partial charge on any atom is 0.281 e. The van der Waals surface area contributed by atoms with Crippen molar-refractivity contribution in [3.8, 4) is 0 Å². The summed E-state index contributed by atoms with van der Waals surface area (Å²) in [4.78, 5) is 18.6. The second kappa shape index (κ2) is 7.62. The minimum Gasteiger partial charge on any atom is -0.342 e. The first kappa shape index (κ1) is 19.3. The first-order valence-corrected chi connectivity index (χ1v) is 10.6. The monoisotopic (exact) mass is 380 g/mol. The zero-order chi connectivity index (χ0) is 18.8. The number of carbonyl (C=O) groups excluding carboxylic acids is 1. The van der Waals surface area contributed by atoms with Crippen LogP contribution in [0.5, 0.6) is 0 Å². The molecule has 7 nitrogen and oxygen atoms in total. The Kier molecular flexibility index (Phi) is 5.64. The van der Waals surface area contributed by atoms with Crippen LogP contribution in [-0.4, -0.2) is 73.1 Å². The fourth-order valence-corrected chi connectivity index (χ4v) is 5.04. The summed E-state index contributed by atoms with van der Waals surface area (Å²) in [6, 6.07) is 5.83. The molecule has 0 radical (unpaired) electrons. The van der Waals surface area contributed by atoms with Crippen LogP contribution in [0.1, 0.15) is 31.4 Å². The fraction of sp³-hybridized carbons (Fsp3) is 0.667. The van der Waals surface area contributed by atoms with Gasteiger partial charge in [-0.05, 0) is 36.8 Å². The topological polar surface area (TPSA) is 73.8 Å². The van der Waals surface area contributed by atoms with Crippen molar-refractivity contribution in [2.75, 3.05) is 40.3 Å². The summed E-state index contributed by atoms with van der Waals surface area (Å²) in [6.45, 7) is 2.47. The molecule has 1 spiro atoms. The molecule has 2 fully saturated rings. The Hall–Kier alpha value is -1.51. The highest BCUT2D eigenvalue weighted by Gasteiger charge is 2.43. The van der Waals surface area contributed by atoms with Crippen molar-refractivity contribution in [3.05, 3.63) is 30.1 Å². The number of aromatic nitrogens is 1. The van der Waals surface area contributed by atoms with E-state index in [0.717, 1.165) is 37.9 Å². The number of piperidine rings is 2. The van der Waals surface area contributed by atoms with Gasteiger partial charge < -0.3 is 4.90 Å². The van der Waals surface area contributed by atoms with Crippen LogP contribution in [0.15, 0.2) is 24.4 Å². The number of likely N-dealkylation sites (tertiary alicyclic amines) is 1. The Morgan fingerprint density at radius 1 is 1.19 bits per heavy atom. The lowest BCUT2D eigenvalue weighted by molar-refractivity contribution is -0.138.